The molecule has 1 heterocycles. The van der Waals surface area contributed by atoms with Crippen molar-refractivity contribution in [3.8, 4) is 5.75 Å². The van der Waals surface area contributed by atoms with E-state index in [1.807, 2.05) is 30.3 Å². The zero-order valence-corrected chi connectivity index (χ0v) is 18.6. The Labute approximate surface area is 196 Å². The standard InChI is InChI=1S/C25H22ClN3O4/c1-25(20-9-5-6-10-21(20)26)23(31)29(24(32)28-25)15-22(30)27-18-11-13-19(14-12-18)33-16-17-7-3-2-4-8-17/h2-14H,15-16H2,1H3,(H,27,30)(H,28,32). The lowest BCUT2D eigenvalue weighted by Crippen LogP contribution is -2.42. The van der Waals surface area contributed by atoms with Crippen molar-refractivity contribution in [3.05, 3.63) is 95.0 Å². The summed E-state index contributed by atoms with van der Waals surface area (Å²) in [6.07, 6.45) is 0. The van der Waals surface area contributed by atoms with Crippen LogP contribution in [0.5, 0.6) is 5.75 Å². The number of carbonyl (C=O) groups excluding carboxylic acids is 3. The van der Waals surface area contributed by atoms with Crippen molar-refractivity contribution in [3.63, 3.8) is 0 Å². The molecule has 0 bridgehead atoms. The minimum atomic E-state index is -1.34. The van der Waals surface area contributed by atoms with Gasteiger partial charge >= 0.3 is 6.03 Å². The second-order valence-corrected chi connectivity index (χ2v) is 8.18. The van der Waals surface area contributed by atoms with Gasteiger partial charge in [0.1, 0.15) is 24.4 Å². The molecule has 3 aromatic carbocycles. The van der Waals surface area contributed by atoms with Gasteiger partial charge in [-0.1, -0.05) is 60.1 Å². The van der Waals surface area contributed by atoms with Crippen LogP contribution >= 0.6 is 11.6 Å². The summed E-state index contributed by atoms with van der Waals surface area (Å²) in [5, 5.41) is 5.70. The lowest BCUT2D eigenvalue weighted by Gasteiger charge is -2.23. The Balaban J connectivity index is 1.36. The number of hydrogen-bond acceptors (Lipinski definition) is 4. The van der Waals surface area contributed by atoms with Crippen molar-refractivity contribution < 1.29 is 19.1 Å². The third-order valence-corrected chi connectivity index (χ3v) is 5.71. The summed E-state index contributed by atoms with van der Waals surface area (Å²) in [6.45, 7) is 1.58. The average Bonchev–Trinajstić information content (AvgIpc) is 3.03. The van der Waals surface area contributed by atoms with Crippen LogP contribution in [0.3, 0.4) is 0 Å². The van der Waals surface area contributed by atoms with E-state index in [1.54, 1.807) is 55.5 Å². The number of amides is 4. The zero-order chi connectivity index (χ0) is 23.4. The molecule has 0 radical (unpaired) electrons. The Kier molecular flexibility index (Phi) is 6.33. The van der Waals surface area contributed by atoms with Gasteiger partial charge in [-0.2, -0.15) is 0 Å². The normalized spacial score (nSPS) is 17.6. The van der Waals surface area contributed by atoms with Crippen molar-refractivity contribution in [1.82, 2.24) is 10.2 Å². The van der Waals surface area contributed by atoms with Gasteiger partial charge in [0, 0.05) is 16.3 Å². The van der Waals surface area contributed by atoms with Gasteiger partial charge in [-0.3, -0.25) is 14.5 Å². The molecule has 8 heteroatoms. The molecule has 2 N–H and O–H groups in total. The van der Waals surface area contributed by atoms with E-state index < -0.39 is 29.9 Å². The van der Waals surface area contributed by atoms with Gasteiger partial charge < -0.3 is 15.4 Å². The Morgan fingerprint density at radius 3 is 2.36 bits per heavy atom. The summed E-state index contributed by atoms with van der Waals surface area (Å²) in [6, 6.07) is 22.8. The third kappa shape index (κ3) is 4.83. The molecule has 4 rings (SSSR count). The summed E-state index contributed by atoms with van der Waals surface area (Å²) in [5.74, 6) is -0.387. The third-order valence-electron chi connectivity index (χ3n) is 5.38. The molecule has 4 amide bonds. The molecule has 33 heavy (non-hydrogen) atoms. The van der Waals surface area contributed by atoms with Crippen molar-refractivity contribution >= 4 is 35.1 Å². The van der Waals surface area contributed by atoms with Crippen LogP contribution < -0.4 is 15.4 Å². The Morgan fingerprint density at radius 1 is 1.00 bits per heavy atom. The number of halogens is 1. The number of carbonyl (C=O) groups is 3. The number of nitrogens with one attached hydrogen (secondary N) is 2. The fourth-order valence-electron chi connectivity index (χ4n) is 3.61. The molecule has 0 aromatic heterocycles. The van der Waals surface area contributed by atoms with E-state index in [-0.39, 0.29) is 0 Å². The number of rotatable bonds is 7. The predicted octanol–water partition coefficient (Wildman–Crippen LogP) is 4.32. The van der Waals surface area contributed by atoms with E-state index in [0.29, 0.717) is 28.6 Å². The van der Waals surface area contributed by atoms with Gasteiger partial charge in [0.05, 0.1) is 0 Å². The van der Waals surface area contributed by atoms with Crippen LogP contribution in [-0.2, 0) is 21.7 Å². The first-order valence-corrected chi connectivity index (χ1v) is 10.7. The van der Waals surface area contributed by atoms with E-state index in [9.17, 15) is 14.4 Å². The number of hydrogen-bond donors (Lipinski definition) is 2. The second kappa shape index (κ2) is 9.34. The molecule has 1 saturated heterocycles. The van der Waals surface area contributed by atoms with E-state index >= 15 is 0 Å². The number of ether oxygens (including phenoxy) is 1. The highest BCUT2D eigenvalue weighted by molar-refractivity contribution is 6.32. The molecule has 0 aliphatic carbocycles. The van der Waals surface area contributed by atoms with Crippen molar-refractivity contribution in [2.75, 3.05) is 11.9 Å². The molecular formula is C25H22ClN3O4. The SMILES string of the molecule is CC1(c2ccccc2Cl)NC(=O)N(CC(=O)Nc2ccc(OCc3ccccc3)cc2)C1=O. The van der Waals surface area contributed by atoms with E-state index in [2.05, 4.69) is 10.6 Å². The Hall–Kier alpha value is -3.84. The maximum absolute atomic E-state index is 13.0. The van der Waals surface area contributed by atoms with Crippen molar-refractivity contribution in [2.24, 2.45) is 0 Å². The Morgan fingerprint density at radius 2 is 1.67 bits per heavy atom. The summed E-state index contributed by atoms with van der Waals surface area (Å²) in [4.78, 5) is 38.9. The first kappa shape index (κ1) is 22.4. The maximum Gasteiger partial charge on any atom is 0.325 e. The molecule has 3 aromatic rings. The lowest BCUT2D eigenvalue weighted by molar-refractivity contribution is -0.133. The minimum absolute atomic E-state index is 0.356. The van der Waals surface area contributed by atoms with Gasteiger partial charge in [-0.05, 0) is 42.8 Å². The quantitative estimate of drug-likeness (QED) is 0.511. The number of anilines is 1. The van der Waals surface area contributed by atoms with E-state index in [4.69, 9.17) is 16.3 Å². The zero-order valence-electron chi connectivity index (χ0n) is 17.9. The summed E-state index contributed by atoms with van der Waals surface area (Å²) in [7, 11) is 0. The largest absolute Gasteiger partial charge is 0.489 e. The predicted molar refractivity (Wildman–Crippen MR) is 125 cm³/mol. The van der Waals surface area contributed by atoms with Crippen LogP contribution in [-0.4, -0.2) is 29.3 Å². The number of urea groups is 1. The highest BCUT2D eigenvalue weighted by atomic mass is 35.5. The fraction of sp³-hybridized carbons (Fsp3) is 0.160. The van der Waals surface area contributed by atoms with Gasteiger partial charge in [-0.25, -0.2) is 4.79 Å². The second-order valence-electron chi connectivity index (χ2n) is 7.77. The maximum atomic E-state index is 13.0. The van der Waals surface area contributed by atoms with Crippen LogP contribution in [0.15, 0.2) is 78.9 Å². The number of nitrogens with zero attached hydrogens (tertiary/aromatic N) is 1. The van der Waals surface area contributed by atoms with Gasteiger partial charge in [0.15, 0.2) is 0 Å². The highest BCUT2D eigenvalue weighted by Crippen LogP contribution is 2.33. The monoisotopic (exact) mass is 463 g/mol. The fourth-order valence-corrected chi connectivity index (χ4v) is 3.93. The van der Waals surface area contributed by atoms with Gasteiger partial charge in [-0.15, -0.1) is 0 Å². The Bertz CT molecular complexity index is 1180. The topological polar surface area (TPSA) is 87.7 Å². The summed E-state index contributed by atoms with van der Waals surface area (Å²) in [5.41, 5.74) is 0.701. The summed E-state index contributed by atoms with van der Waals surface area (Å²) >= 11 is 6.23. The van der Waals surface area contributed by atoms with Crippen LogP contribution in [0.4, 0.5) is 10.5 Å². The lowest BCUT2D eigenvalue weighted by atomic mass is 9.92. The minimum Gasteiger partial charge on any atom is -0.489 e. The first-order valence-electron chi connectivity index (χ1n) is 10.3. The van der Waals surface area contributed by atoms with Crippen LogP contribution in [0, 0.1) is 0 Å². The summed E-state index contributed by atoms with van der Waals surface area (Å²) < 4.78 is 5.73. The molecule has 1 fully saturated rings. The van der Waals surface area contributed by atoms with Crippen molar-refractivity contribution in [1.29, 1.82) is 0 Å². The van der Waals surface area contributed by atoms with Crippen LogP contribution in [0.25, 0.3) is 0 Å². The molecular weight excluding hydrogens is 442 g/mol. The van der Waals surface area contributed by atoms with E-state index in [1.165, 1.54) is 0 Å². The molecule has 1 atom stereocenters. The highest BCUT2D eigenvalue weighted by Gasteiger charge is 2.50. The molecule has 1 aliphatic heterocycles. The molecule has 168 valence electrons. The van der Waals surface area contributed by atoms with Crippen LogP contribution in [0.1, 0.15) is 18.1 Å². The average molecular weight is 464 g/mol. The van der Waals surface area contributed by atoms with E-state index in [0.717, 1.165) is 10.5 Å². The smallest absolute Gasteiger partial charge is 0.325 e. The van der Waals surface area contributed by atoms with Gasteiger partial charge in [0.25, 0.3) is 5.91 Å². The molecule has 1 unspecified atom stereocenters. The van der Waals surface area contributed by atoms with Crippen molar-refractivity contribution in [2.45, 2.75) is 19.1 Å². The van der Waals surface area contributed by atoms with Gasteiger partial charge in [0.2, 0.25) is 5.91 Å². The molecule has 7 nitrogen and oxygen atoms in total. The van der Waals surface area contributed by atoms with Crippen LogP contribution in [0.2, 0.25) is 5.02 Å². The molecule has 0 saturated carbocycles. The molecule has 1 aliphatic rings. The molecule has 0 spiro atoms. The number of benzene rings is 3. The number of imide groups is 1. The first-order chi connectivity index (χ1) is 15.9.